The second-order valence-electron chi connectivity index (χ2n) is 3.53. The molecule has 0 aliphatic heterocycles. The minimum Gasteiger partial charge on any atom is -0.361 e. The van der Waals surface area contributed by atoms with Crippen molar-refractivity contribution in [2.45, 2.75) is 6.92 Å². The molecule has 0 aromatic heterocycles. The zero-order valence-corrected chi connectivity index (χ0v) is 11.8. The summed E-state index contributed by atoms with van der Waals surface area (Å²) in [6.07, 6.45) is 0.996. The van der Waals surface area contributed by atoms with Crippen molar-refractivity contribution in [3.8, 4) is 0 Å². The van der Waals surface area contributed by atoms with Crippen molar-refractivity contribution >= 4 is 33.2 Å². The SMILES string of the molecule is CCN(C)C(=S)S/C(=C/[N+](=O)[O-])c1ccccc1. The first kappa shape index (κ1) is 14.7. The highest BCUT2D eigenvalue weighted by molar-refractivity contribution is 8.29. The van der Waals surface area contributed by atoms with E-state index in [0.29, 0.717) is 9.23 Å². The van der Waals surface area contributed by atoms with Gasteiger partial charge >= 0.3 is 0 Å². The van der Waals surface area contributed by atoms with Crippen LogP contribution < -0.4 is 0 Å². The van der Waals surface area contributed by atoms with Gasteiger partial charge in [-0.15, -0.1) is 0 Å². The van der Waals surface area contributed by atoms with Crippen LogP contribution in [0.3, 0.4) is 0 Å². The molecule has 0 amide bonds. The molecule has 0 atom stereocenters. The van der Waals surface area contributed by atoms with E-state index in [1.165, 1.54) is 11.8 Å². The van der Waals surface area contributed by atoms with Gasteiger partial charge < -0.3 is 4.90 Å². The summed E-state index contributed by atoms with van der Waals surface area (Å²) in [5, 5.41) is 10.7. The average molecular weight is 282 g/mol. The first-order valence-electron chi connectivity index (χ1n) is 5.38. The van der Waals surface area contributed by atoms with Crippen LogP contribution in [0.2, 0.25) is 0 Å². The minimum atomic E-state index is -0.454. The van der Waals surface area contributed by atoms with Gasteiger partial charge in [-0.2, -0.15) is 0 Å². The molecule has 1 aromatic carbocycles. The maximum absolute atomic E-state index is 10.7. The highest BCUT2D eigenvalue weighted by Crippen LogP contribution is 2.29. The number of nitro groups is 1. The molecular weight excluding hydrogens is 268 g/mol. The predicted octanol–water partition coefficient (Wildman–Crippen LogP) is 3.23. The Morgan fingerprint density at radius 3 is 2.61 bits per heavy atom. The Labute approximate surface area is 116 Å². The van der Waals surface area contributed by atoms with Crippen LogP contribution in [-0.4, -0.2) is 27.7 Å². The van der Waals surface area contributed by atoms with Crippen molar-refractivity contribution in [3.63, 3.8) is 0 Å². The molecule has 0 heterocycles. The number of thioether (sulfide) groups is 1. The quantitative estimate of drug-likeness (QED) is 0.482. The summed E-state index contributed by atoms with van der Waals surface area (Å²) >= 11 is 6.47. The van der Waals surface area contributed by atoms with Gasteiger partial charge in [-0.3, -0.25) is 10.1 Å². The van der Waals surface area contributed by atoms with Crippen LogP contribution in [0.1, 0.15) is 12.5 Å². The number of benzene rings is 1. The molecule has 0 saturated heterocycles. The Bertz CT molecular complexity index is 460. The van der Waals surface area contributed by atoms with Crippen LogP contribution in [0.15, 0.2) is 36.5 Å². The molecule has 96 valence electrons. The maximum Gasteiger partial charge on any atom is 0.248 e. The fourth-order valence-electron chi connectivity index (χ4n) is 1.16. The van der Waals surface area contributed by atoms with Crippen molar-refractivity contribution < 1.29 is 4.92 Å². The molecule has 0 aliphatic rings. The normalized spacial score (nSPS) is 11.1. The molecule has 0 unspecified atom stereocenters. The topological polar surface area (TPSA) is 46.4 Å². The molecule has 0 N–H and O–H groups in total. The number of nitrogens with zero attached hydrogens (tertiary/aromatic N) is 2. The fraction of sp³-hybridized carbons (Fsp3) is 0.250. The van der Waals surface area contributed by atoms with Crippen LogP contribution in [0.4, 0.5) is 0 Å². The summed E-state index contributed by atoms with van der Waals surface area (Å²) in [7, 11) is 1.87. The van der Waals surface area contributed by atoms with Crippen molar-refractivity contribution in [1.29, 1.82) is 0 Å². The molecule has 4 nitrogen and oxygen atoms in total. The molecule has 6 heteroatoms. The first-order chi connectivity index (χ1) is 8.54. The Morgan fingerprint density at radius 2 is 2.11 bits per heavy atom. The van der Waals surface area contributed by atoms with E-state index in [1.807, 2.05) is 49.2 Å². The van der Waals surface area contributed by atoms with E-state index < -0.39 is 4.92 Å². The van der Waals surface area contributed by atoms with E-state index in [1.54, 1.807) is 0 Å². The highest BCUT2D eigenvalue weighted by atomic mass is 32.2. The summed E-state index contributed by atoms with van der Waals surface area (Å²) in [5.41, 5.74) is 0.797. The van der Waals surface area contributed by atoms with Gasteiger partial charge in [0.15, 0.2) is 0 Å². The van der Waals surface area contributed by atoms with Crippen molar-refractivity contribution in [3.05, 3.63) is 52.2 Å². The van der Waals surface area contributed by atoms with Gasteiger partial charge in [0.1, 0.15) is 4.32 Å². The van der Waals surface area contributed by atoms with Crippen LogP contribution in [0, 0.1) is 10.1 Å². The van der Waals surface area contributed by atoms with Gasteiger partial charge in [0.05, 0.1) is 9.83 Å². The van der Waals surface area contributed by atoms with Gasteiger partial charge in [0, 0.05) is 13.6 Å². The lowest BCUT2D eigenvalue weighted by Crippen LogP contribution is -2.21. The van der Waals surface area contributed by atoms with Crippen LogP contribution in [0.5, 0.6) is 0 Å². The lowest BCUT2D eigenvalue weighted by Gasteiger charge is -2.17. The molecule has 18 heavy (non-hydrogen) atoms. The molecule has 0 aliphatic carbocycles. The zero-order valence-electron chi connectivity index (χ0n) is 10.2. The predicted molar refractivity (Wildman–Crippen MR) is 79.9 cm³/mol. The fourth-order valence-corrected chi connectivity index (χ4v) is 2.42. The number of thiocarbonyl (C=S) groups is 1. The third-order valence-electron chi connectivity index (χ3n) is 2.26. The van der Waals surface area contributed by atoms with Gasteiger partial charge in [-0.25, -0.2) is 0 Å². The van der Waals surface area contributed by atoms with Crippen LogP contribution >= 0.6 is 24.0 Å². The van der Waals surface area contributed by atoms with Crippen molar-refractivity contribution in [2.24, 2.45) is 0 Å². The molecule has 0 fully saturated rings. The summed E-state index contributed by atoms with van der Waals surface area (Å²) in [6, 6.07) is 9.22. The molecule has 0 bridgehead atoms. The third kappa shape index (κ3) is 4.46. The molecule has 0 saturated carbocycles. The lowest BCUT2D eigenvalue weighted by atomic mass is 10.2. The van der Waals surface area contributed by atoms with E-state index in [-0.39, 0.29) is 0 Å². The second kappa shape index (κ2) is 7.13. The Morgan fingerprint density at radius 1 is 1.50 bits per heavy atom. The standard InChI is InChI=1S/C12H14N2O2S2/c1-3-13(2)12(17)18-11(9-14(15)16)10-7-5-4-6-8-10/h4-9H,3H2,1-2H3/b11-9+. The zero-order chi connectivity index (χ0) is 13.5. The Hall–Kier alpha value is -1.40. The second-order valence-corrected chi connectivity index (χ2v) is 5.20. The van der Waals surface area contributed by atoms with Gasteiger partial charge in [-0.05, 0) is 12.5 Å². The number of rotatable bonds is 4. The lowest BCUT2D eigenvalue weighted by molar-refractivity contribution is -0.401. The van der Waals surface area contributed by atoms with E-state index >= 15 is 0 Å². The molecule has 1 aromatic rings. The highest BCUT2D eigenvalue weighted by Gasteiger charge is 2.12. The van der Waals surface area contributed by atoms with E-state index in [0.717, 1.165) is 18.3 Å². The van der Waals surface area contributed by atoms with Gasteiger partial charge in [0.2, 0.25) is 6.20 Å². The Kier molecular flexibility index (Phi) is 5.80. The smallest absolute Gasteiger partial charge is 0.248 e. The van der Waals surface area contributed by atoms with Crippen LogP contribution in [0.25, 0.3) is 4.91 Å². The number of hydrogen-bond acceptors (Lipinski definition) is 4. The van der Waals surface area contributed by atoms with Crippen molar-refractivity contribution in [2.75, 3.05) is 13.6 Å². The van der Waals surface area contributed by atoms with E-state index in [2.05, 4.69) is 0 Å². The summed E-state index contributed by atoms with van der Waals surface area (Å²) in [4.78, 5) is 12.6. The van der Waals surface area contributed by atoms with Crippen LogP contribution in [-0.2, 0) is 0 Å². The van der Waals surface area contributed by atoms with Crippen molar-refractivity contribution in [1.82, 2.24) is 4.90 Å². The molecule has 0 radical (unpaired) electrons. The summed E-state index contributed by atoms with van der Waals surface area (Å²) in [5.74, 6) is 0. The summed E-state index contributed by atoms with van der Waals surface area (Å²) in [6.45, 7) is 2.75. The van der Waals surface area contributed by atoms with Gasteiger partial charge in [0.25, 0.3) is 0 Å². The van der Waals surface area contributed by atoms with E-state index in [4.69, 9.17) is 12.2 Å². The summed E-state index contributed by atoms with van der Waals surface area (Å²) < 4.78 is 0.620. The average Bonchev–Trinajstić information content (AvgIpc) is 2.37. The first-order valence-corrected chi connectivity index (χ1v) is 6.60. The minimum absolute atomic E-state index is 0.454. The molecule has 0 spiro atoms. The third-order valence-corrected chi connectivity index (χ3v) is 3.87. The maximum atomic E-state index is 10.7. The Balaban J connectivity index is 2.95. The van der Waals surface area contributed by atoms with E-state index in [9.17, 15) is 10.1 Å². The van der Waals surface area contributed by atoms with Gasteiger partial charge in [-0.1, -0.05) is 54.3 Å². The molecule has 1 rings (SSSR count). The molecular formula is C12H14N2O2S2. The number of hydrogen-bond donors (Lipinski definition) is 0. The largest absolute Gasteiger partial charge is 0.361 e. The monoisotopic (exact) mass is 282 g/mol.